The predicted molar refractivity (Wildman–Crippen MR) is 129 cm³/mol. The third-order valence-corrected chi connectivity index (χ3v) is 4.24. The highest BCUT2D eigenvalue weighted by atomic mass is 127. The smallest absolute Gasteiger partial charge is 0.367 e. The Hall–Kier alpha value is -2.34. The van der Waals surface area contributed by atoms with Gasteiger partial charge in [-0.1, -0.05) is 54.6 Å². The van der Waals surface area contributed by atoms with Crippen LogP contribution in [0.3, 0.4) is 0 Å². The van der Waals surface area contributed by atoms with Crippen molar-refractivity contribution in [2.75, 3.05) is 26.7 Å². The van der Waals surface area contributed by atoms with E-state index in [-0.39, 0.29) is 43.0 Å². The number of nitrogens with one attached hydrogen (secondary N) is 3. The number of hydrogen-bond acceptors (Lipinski definition) is 3. The number of carbonyl (C=O) groups is 1. The number of aliphatic imine (C=N–C) groups is 1. The van der Waals surface area contributed by atoms with E-state index in [4.69, 9.17) is 0 Å². The van der Waals surface area contributed by atoms with Gasteiger partial charge in [-0.15, -0.1) is 24.0 Å². The lowest BCUT2D eigenvalue weighted by molar-refractivity contribution is -0.176. The Kier molecular flexibility index (Phi) is 12.7. The normalized spacial score (nSPS) is 11.4. The molecule has 0 spiro atoms. The van der Waals surface area contributed by atoms with E-state index in [0.717, 1.165) is 17.5 Å². The monoisotopic (exact) mass is 564 g/mol. The van der Waals surface area contributed by atoms with E-state index in [1.165, 1.54) is 0 Å². The summed E-state index contributed by atoms with van der Waals surface area (Å²) in [6.07, 6.45) is -3.57. The molecule has 1 amide bonds. The van der Waals surface area contributed by atoms with Gasteiger partial charge in [-0.05, 0) is 23.1 Å². The zero-order valence-electron chi connectivity index (χ0n) is 17.7. The number of guanidine groups is 1. The molecule has 32 heavy (non-hydrogen) atoms. The number of rotatable bonds is 10. The van der Waals surface area contributed by atoms with Crippen molar-refractivity contribution in [1.29, 1.82) is 0 Å². The average molecular weight is 564 g/mol. The van der Waals surface area contributed by atoms with E-state index in [1.54, 1.807) is 31.3 Å². The maximum Gasteiger partial charge on any atom is 0.411 e. The van der Waals surface area contributed by atoms with E-state index >= 15 is 0 Å². The van der Waals surface area contributed by atoms with Gasteiger partial charge in [0.1, 0.15) is 6.61 Å². The highest BCUT2D eigenvalue weighted by molar-refractivity contribution is 14.0. The summed E-state index contributed by atoms with van der Waals surface area (Å²) >= 11 is 0. The standard InChI is InChI=1S/C22H27F3N4O2.HI/c1-26-21(29-14-20(30)27-12-11-17-5-3-2-4-6-17)28-13-18-7-9-19(10-8-18)15-31-16-22(23,24)25;/h2-10H,11-16H2,1H3,(H,27,30)(H2,26,28,29);1H. The van der Waals surface area contributed by atoms with Crippen molar-refractivity contribution in [1.82, 2.24) is 16.0 Å². The van der Waals surface area contributed by atoms with Crippen LogP contribution >= 0.6 is 24.0 Å². The summed E-state index contributed by atoms with van der Waals surface area (Å²) in [5.41, 5.74) is 2.73. The Labute approximate surface area is 203 Å². The molecule has 0 atom stereocenters. The molecule has 3 N–H and O–H groups in total. The Morgan fingerprint density at radius 3 is 2.22 bits per heavy atom. The quantitative estimate of drug-likeness (QED) is 0.235. The van der Waals surface area contributed by atoms with Crippen LogP contribution in [0.25, 0.3) is 0 Å². The summed E-state index contributed by atoms with van der Waals surface area (Å²) in [4.78, 5) is 16.0. The van der Waals surface area contributed by atoms with Crippen LogP contribution in [0.2, 0.25) is 0 Å². The fraction of sp³-hybridized carbons (Fsp3) is 0.364. The topological polar surface area (TPSA) is 74.8 Å². The van der Waals surface area contributed by atoms with Gasteiger partial charge in [-0.2, -0.15) is 13.2 Å². The third kappa shape index (κ3) is 11.9. The fourth-order valence-electron chi connectivity index (χ4n) is 2.66. The summed E-state index contributed by atoms with van der Waals surface area (Å²) in [5, 5.41) is 8.88. The van der Waals surface area contributed by atoms with Crippen LogP contribution in [0.1, 0.15) is 16.7 Å². The molecule has 176 valence electrons. The van der Waals surface area contributed by atoms with Crippen LogP contribution in [0.15, 0.2) is 59.6 Å². The molecule has 0 aromatic heterocycles. The fourth-order valence-corrected chi connectivity index (χ4v) is 2.66. The number of nitrogens with zero attached hydrogens (tertiary/aromatic N) is 1. The highest BCUT2D eigenvalue weighted by Gasteiger charge is 2.27. The number of hydrogen-bond donors (Lipinski definition) is 3. The van der Waals surface area contributed by atoms with Crippen molar-refractivity contribution < 1.29 is 22.7 Å². The molecule has 2 aromatic rings. The average Bonchev–Trinajstić information content (AvgIpc) is 2.75. The minimum Gasteiger partial charge on any atom is -0.367 e. The third-order valence-electron chi connectivity index (χ3n) is 4.24. The van der Waals surface area contributed by atoms with Crippen LogP contribution in [0.5, 0.6) is 0 Å². The van der Waals surface area contributed by atoms with Gasteiger partial charge in [-0.25, -0.2) is 0 Å². The van der Waals surface area contributed by atoms with Crippen molar-refractivity contribution in [3.8, 4) is 0 Å². The molecule has 0 radical (unpaired) electrons. The van der Waals surface area contributed by atoms with E-state index in [9.17, 15) is 18.0 Å². The van der Waals surface area contributed by atoms with Gasteiger partial charge in [0.25, 0.3) is 0 Å². The Balaban J connectivity index is 0.00000512. The lowest BCUT2D eigenvalue weighted by Gasteiger charge is -2.12. The summed E-state index contributed by atoms with van der Waals surface area (Å²) in [5.74, 6) is 0.331. The molecule has 6 nitrogen and oxygen atoms in total. The lowest BCUT2D eigenvalue weighted by atomic mass is 10.1. The van der Waals surface area contributed by atoms with Crippen molar-refractivity contribution >= 4 is 35.8 Å². The molecule has 0 saturated heterocycles. The molecule has 0 bridgehead atoms. The largest absolute Gasteiger partial charge is 0.411 e. The maximum absolute atomic E-state index is 12.1. The summed E-state index contributed by atoms with van der Waals surface area (Å²) in [6.45, 7) is -0.285. The molecule has 0 unspecified atom stereocenters. The molecule has 0 aliphatic carbocycles. The molecular weight excluding hydrogens is 536 g/mol. The van der Waals surface area contributed by atoms with Gasteiger partial charge >= 0.3 is 6.18 Å². The summed E-state index contributed by atoms with van der Waals surface area (Å²) < 4.78 is 40.9. The lowest BCUT2D eigenvalue weighted by Crippen LogP contribution is -2.43. The van der Waals surface area contributed by atoms with Crippen molar-refractivity contribution in [3.05, 3.63) is 71.3 Å². The summed E-state index contributed by atoms with van der Waals surface area (Å²) in [7, 11) is 1.60. The molecule has 0 saturated carbocycles. The molecule has 0 aliphatic heterocycles. The maximum atomic E-state index is 12.1. The number of halogens is 4. The first-order valence-corrected chi connectivity index (χ1v) is 9.83. The molecule has 0 fully saturated rings. The second-order valence-electron chi connectivity index (χ2n) is 6.79. The van der Waals surface area contributed by atoms with E-state index in [0.29, 0.717) is 24.6 Å². The van der Waals surface area contributed by atoms with Crippen LogP contribution in [0, 0.1) is 0 Å². The molecule has 10 heteroatoms. The highest BCUT2D eigenvalue weighted by Crippen LogP contribution is 2.15. The number of ether oxygens (including phenoxy) is 1. The van der Waals surface area contributed by atoms with Gasteiger partial charge in [0, 0.05) is 20.1 Å². The first-order valence-electron chi connectivity index (χ1n) is 9.83. The van der Waals surface area contributed by atoms with Crippen molar-refractivity contribution in [2.45, 2.75) is 25.7 Å². The minimum absolute atomic E-state index is 0. The summed E-state index contributed by atoms with van der Waals surface area (Å²) in [6, 6.07) is 16.9. The molecule has 0 aliphatic rings. The van der Waals surface area contributed by atoms with Gasteiger partial charge in [-0.3, -0.25) is 9.79 Å². The van der Waals surface area contributed by atoms with Gasteiger partial charge in [0.2, 0.25) is 5.91 Å². The van der Waals surface area contributed by atoms with Crippen molar-refractivity contribution in [3.63, 3.8) is 0 Å². The molecular formula is C22H28F3IN4O2. The Morgan fingerprint density at radius 1 is 0.938 bits per heavy atom. The predicted octanol–water partition coefficient (Wildman–Crippen LogP) is 3.41. The molecule has 2 rings (SSSR count). The van der Waals surface area contributed by atoms with Crippen LogP contribution in [0.4, 0.5) is 13.2 Å². The van der Waals surface area contributed by atoms with E-state index in [2.05, 4.69) is 25.7 Å². The SMILES string of the molecule is CN=C(NCC(=O)NCCc1ccccc1)NCc1ccc(COCC(F)(F)F)cc1.I. The molecule has 2 aromatic carbocycles. The Morgan fingerprint density at radius 2 is 1.59 bits per heavy atom. The van der Waals surface area contributed by atoms with Crippen molar-refractivity contribution in [2.24, 2.45) is 4.99 Å². The van der Waals surface area contributed by atoms with Crippen LogP contribution in [-0.4, -0.2) is 44.8 Å². The number of benzene rings is 2. The first-order chi connectivity index (χ1) is 14.9. The first kappa shape index (κ1) is 27.7. The zero-order chi connectivity index (χ0) is 22.5. The second-order valence-corrected chi connectivity index (χ2v) is 6.79. The van der Waals surface area contributed by atoms with Gasteiger partial charge < -0.3 is 20.7 Å². The van der Waals surface area contributed by atoms with Gasteiger partial charge in [0.15, 0.2) is 5.96 Å². The van der Waals surface area contributed by atoms with E-state index < -0.39 is 12.8 Å². The number of carbonyl (C=O) groups excluding carboxylic acids is 1. The zero-order valence-corrected chi connectivity index (χ0v) is 20.1. The number of amides is 1. The molecule has 0 heterocycles. The number of alkyl halides is 3. The van der Waals surface area contributed by atoms with Gasteiger partial charge in [0.05, 0.1) is 13.2 Å². The Bertz CT molecular complexity index is 831. The second kappa shape index (κ2) is 14.7. The van der Waals surface area contributed by atoms with Crippen LogP contribution < -0.4 is 16.0 Å². The van der Waals surface area contributed by atoms with Crippen LogP contribution in [-0.2, 0) is 29.1 Å². The minimum atomic E-state index is -4.33. The van der Waals surface area contributed by atoms with E-state index in [1.807, 2.05) is 30.3 Å².